The molecule has 1 saturated carbocycles. The van der Waals surface area contributed by atoms with Gasteiger partial charge in [0.1, 0.15) is 11.2 Å². The van der Waals surface area contributed by atoms with Crippen LogP contribution in [0, 0.1) is 6.92 Å². The SMILES string of the molecule is Cc1cc2oc3ccccc3c2cc1N1[C@@H](C)c2ccccc2C12CCCCC2. The van der Waals surface area contributed by atoms with Gasteiger partial charge in [-0.25, -0.2) is 0 Å². The van der Waals surface area contributed by atoms with E-state index < -0.39 is 0 Å². The van der Waals surface area contributed by atoms with Crippen molar-refractivity contribution >= 4 is 27.6 Å². The lowest BCUT2D eigenvalue weighted by Crippen LogP contribution is -2.44. The van der Waals surface area contributed by atoms with Gasteiger partial charge in [-0.2, -0.15) is 0 Å². The Hall–Kier alpha value is -2.74. The molecule has 1 aliphatic carbocycles. The van der Waals surface area contributed by atoms with Crippen LogP contribution in [0.15, 0.2) is 65.1 Å². The minimum Gasteiger partial charge on any atom is -0.456 e. The summed E-state index contributed by atoms with van der Waals surface area (Å²) in [4.78, 5) is 2.76. The number of aryl methyl sites for hydroxylation is 1. The van der Waals surface area contributed by atoms with Crippen LogP contribution in [0.25, 0.3) is 21.9 Å². The van der Waals surface area contributed by atoms with E-state index in [0.29, 0.717) is 6.04 Å². The fourth-order valence-corrected chi connectivity index (χ4v) is 6.13. The first-order valence-corrected chi connectivity index (χ1v) is 11.0. The molecular formula is C27H27NO. The molecule has 0 N–H and O–H groups in total. The van der Waals surface area contributed by atoms with Crippen molar-refractivity contribution in [2.45, 2.75) is 57.5 Å². The number of anilines is 1. The molecule has 1 spiro atoms. The van der Waals surface area contributed by atoms with Crippen molar-refractivity contribution in [3.05, 3.63) is 77.4 Å². The Bertz CT molecular complexity index is 1230. The fraction of sp³-hybridized carbons (Fsp3) is 0.333. The van der Waals surface area contributed by atoms with Gasteiger partial charge in [0.05, 0.1) is 11.6 Å². The minimum absolute atomic E-state index is 0.131. The van der Waals surface area contributed by atoms with Crippen molar-refractivity contribution in [3.63, 3.8) is 0 Å². The molecule has 0 unspecified atom stereocenters. The summed E-state index contributed by atoms with van der Waals surface area (Å²) in [5, 5.41) is 2.45. The molecule has 0 amide bonds. The largest absolute Gasteiger partial charge is 0.456 e. The fourth-order valence-electron chi connectivity index (χ4n) is 6.13. The predicted molar refractivity (Wildman–Crippen MR) is 121 cm³/mol. The summed E-state index contributed by atoms with van der Waals surface area (Å²) in [7, 11) is 0. The number of nitrogens with zero attached hydrogens (tertiary/aromatic N) is 1. The van der Waals surface area contributed by atoms with E-state index >= 15 is 0 Å². The zero-order valence-corrected chi connectivity index (χ0v) is 17.2. The van der Waals surface area contributed by atoms with E-state index in [1.165, 1.54) is 59.7 Å². The van der Waals surface area contributed by atoms with Crippen molar-refractivity contribution in [2.75, 3.05) is 4.90 Å². The van der Waals surface area contributed by atoms with Gasteiger partial charge in [-0.15, -0.1) is 0 Å². The first kappa shape index (κ1) is 17.1. The second-order valence-electron chi connectivity index (χ2n) is 8.96. The standard InChI is InChI=1S/C27H27NO/c1-18-16-26-22(21-11-5-7-13-25(21)29-26)17-24(18)28-19(2)20-10-4-6-12-23(20)27(28)14-8-3-9-15-27/h4-7,10-13,16-17,19H,3,8-9,14-15H2,1-2H3/t19-/m0/s1. The van der Waals surface area contributed by atoms with Crippen LogP contribution >= 0.6 is 0 Å². The summed E-state index contributed by atoms with van der Waals surface area (Å²) in [6.07, 6.45) is 6.48. The normalized spacial score (nSPS) is 20.6. The zero-order chi connectivity index (χ0) is 19.6. The van der Waals surface area contributed by atoms with Crippen LogP contribution in [-0.4, -0.2) is 0 Å². The Balaban J connectivity index is 1.61. The van der Waals surface area contributed by atoms with Crippen LogP contribution in [0.2, 0.25) is 0 Å². The van der Waals surface area contributed by atoms with Crippen molar-refractivity contribution in [2.24, 2.45) is 0 Å². The molecule has 1 aromatic heterocycles. The van der Waals surface area contributed by atoms with E-state index in [1.54, 1.807) is 5.56 Å². The molecule has 29 heavy (non-hydrogen) atoms. The lowest BCUT2D eigenvalue weighted by molar-refractivity contribution is 0.284. The third-order valence-corrected chi connectivity index (χ3v) is 7.40. The van der Waals surface area contributed by atoms with Gasteiger partial charge in [0.2, 0.25) is 0 Å². The predicted octanol–water partition coefficient (Wildman–Crippen LogP) is 7.64. The third-order valence-electron chi connectivity index (χ3n) is 7.40. The molecule has 0 saturated heterocycles. The maximum atomic E-state index is 6.16. The Labute approximate surface area is 172 Å². The zero-order valence-electron chi connectivity index (χ0n) is 17.2. The van der Waals surface area contributed by atoms with Gasteiger partial charge in [0.25, 0.3) is 0 Å². The number of para-hydroxylation sites is 1. The van der Waals surface area contributed by atoms with Gasteiger partial charge >= 0.3 is 0 Å². The average molecular weight is 382 g/mol. The average Bonchev–Trinajstić information content (AvgIpc) is 3.22. The van der Waals surface area contributed by atoms with Crippen LogP contribution in [-0.2, 0) is 5.54 Å². The smallest absolute Gasteiger partial charge is 0.135 e. The van der Waals surface area contributed by atoms with Gasteiger partial charge in [-0.1, -0.05) is 61.7 Å². The summed E-state index contributed by atoms with van der Waals surface area (Å²) >= 11 is 0. The first-order chi connectivity index (χ1) is 14.2. The van der Waals surface area contributed by atoms with Crippen LogP contribution < -0.4 is 4.90 Å². The summed E-state index contributed by atoms with van der Waals surface area (Å²) in [6.45, 7) is 4.63. The Morgan fingerprint density at radius 3 is 2.48 bits per heavy atom. The number of hydrogen-bond donors (Lipinski definition) is 0. The molecule has 2 nitrogen and oxygen atoms in total. The highest BCUT2D eigenvalue weighted by atomic mass is 16.3. The lowest BCUT2D eigenvalue weighted by atomic mass is 9.76. The molecule has 2 heteroatoms. The highest BCUT2D eigenvalue weighted by Crippen LogP contribution is 2.56. The minimum atomic E-state index is 0.131. The molecular weight excluding hydrogens is 354 g/mol. The molecule has 2 heterocycles. The number of furan rings is 1. The van der Waals surface area contributed by atoms with Gasteiger partial charge in [-0.05, 0) is 61.6 Å². The molecule has 1 fully saturated rings. The quantitative estimate of drug-likeness (QED) is 0.337. The van der Waals surface area contributed by atoms with Crippen LogP contribution in [0.5, 0.6) is 0 Å². The van der Waals surface area contributed by atoms with Gasteiger partial charge < -0.3 is 9.32 Å². The Morgan fingerprint density at radius 2 is 1.62 bits per heavy atom. The molecule has 4 aromatic rings. The van der Waals surface area contributed by atoms with E-state index in [4.69, 9.17) is 4.42 Å². The molecule has 3 aromatic carbocycles. The van der Waals surface area contributed by atoms with Crippen molar-refractivity contribution < 1.29 is 4.42 Å². The molecule has 146 valence electrons. The number of rotatable bonds is 1. The molecule has 0 radical (unpaired) electrons. The van der Waals surface area contributed by atoms with Gasteiger partial charge in [0, 0.05) is 16.5 Å². The summed E-state index contributed by atoms with van der Waals surface area (Å²) in [6, 6.07) is 22.6. The summed E-state index contributed by atoms with van der Waals surface area (Å²) in [5.41, 5.74) is 7.84. The Kier molecular flexibility index (Phi) is 3.62. The van der Waals surface area contributed by atoms with E-state index in [-0.39, 0.29) is 5.54 Å². The summed E-state index contributed by atoms with van der Waals surface area (Å²) in [5.74, 6) is 0. The molecule has 2 aliphatic rings. The second-order valence-corrected chi connectivity index (χ2v) is 8.96. The van der Waals surface area contributed by atoms with E-state index in [2.05, 4.69) is 79.4 Å². The highest BCUT2D eigenvalue weighted by molar-refractivity contribution is 6.06. The summed E-state index contributed by atoms with van der Waals surface area (Å²) < 4.78 is 6.16. The second kappa shape index (κ2) is 6.13. The first-order valence-electron chi connectivity index (χ1n) is 11.0. The van der Waals surface area contributed by atoms with E-state index in [9.17, 15) is 0 Å². The van der Waals surface area contributed by atoms with Crippen LogP contribution in [0.4, 0.5) is 5.69 Å². The molecule has 6 rings (SSSR count). The molecule has 1 aliphatic heterocycles. The van der Waals surface area contributed by atoms with Crippen molar-refractivity contribution in [1.29, 1.82) is 0 Å². The maximum absolute atomic E-state index is 6.16. The Morgan fingerprint density at radius 1 is 0.862 bits per heavy atom. The van der Waals surface area contributed by atoms with E-state index in [1.807, 2.05) is 0 Å². The lowest BCUT2D eigenvalue weighted by Gasteiger charge is -2.46. The van der Waals surface area contributed by atoms with E-state index in [0.717, 1.165) is 11.2 Å². The van der Waals surface area contributed by atoms with Gasteiger partial charge in [-0.3, -0.25) is 0 Å². The number of fused-ring (bicyclic) bond motifs is 5. The monoisotopic (exact) mass is 381 g/mol. The highest BCUT2D eigenvalue weighted by Gasteiger charge is 2.49. The van der Waals surface area contributed by atoms with Crippen LogP contribution in [0.1, 0.15) is 61.8 Å². The maximum Gasteiger partial charge on any atom is 0.135 e. The topological polar surface area (TPSA) is 16.4 Å². The van der Waals surface area contributed by atoms with Crippen molar-refractivity contribution in [3.8, 4) is 0 Å². The van der Waals surface area contributed by atoms with Crippen molar-refractivity contribution in [1.82, 2.24) is 0 Å². The molecule has 1 atom stereocenters. The van der Waals surface area contributed by atoms with Crippen LogP contribution in [0.3, 0.4) is 0 Å². The number of hydrogen-bond acceptors (Lipinski definition) is 2. The third kappa shape index (κ3) is 2.29. The number of benzene rings is 3. The van der Waals surface area contributed by atoms with Gasteiger partial charge in [0.15, 0.2) is 0 Å². The molecule has 0 bridgehead atoms.